The minimum absolute atomic E-state index is 0. The van der Waals surface area contributed by atoms with E-state index in [-0.39, 0.29) is 53.1 Å². The third kappa shape index (κ3) is 13.2. The van der Waals surface area contributed by atoms with Gasteiger partial charge in [0.2, 0.25) is 0 Å². The quantitative estimate of drug-likeness (QED) is 0.322. The zero-order valence-corrected chi connectivity index (χ0v) is 33.8. The topological polar surface area (TPSA) is 196 Å². The number of likely N-dealkylation sites (N-methyl/N-ethyl adjacent to an activating group) is 2. The van der Waals surface area contributed by atoms with Crippen LogP contribution in [0, 0.1) is 0 Å². The average Bonchev–Trinajstić information content (AvgIpc) is 3.71. The molecule has 2 aliphatic rings. The SMILES string of the molecule is CCN1CCC[C@H]1CNC(=O)c1c(OC)ccc(Br)c1OC.CCN1CCC[C@H]1CNC(=O)c1c(OC)ccc(Br)c1OC.Cl.Cl.O.O.O. The normalized spacial score (nSPS) is 16.4. The predicted molar refractivity (Wildman–Crippen MR) is 205 cm³/mol. The molecule has 0 spiro atoms. The first-order valence-corrected chi connectivity index (χ1v) is 16.7. The van der Waals surface area contributed by atoms with Crippen LogP contribution in [-0.4, -0.2) is 118 Å². The lowest BCUT2D eigenvalue weighted by molar-refractivity contribution is 0.0926. The van der Waals surface area contributed by atoms with Crippen LogP contribution in [0.1, 0.15) is 60.2 Å². The third-order valence-corrected chi connectivity index (χ3v) is 9.50. The van der Waals surface area contributed by atoms with E-state index >= 15 is 0 Å². The Hall–Kier alpha value is -2.08. The van der Waals surface area contributed by atoms with E-state index in [1.807, 2.05) is 12.1 Å². The van der Waals surface area contributed by atoms with Crippen molar-refractivity contribution in [2.75, 3.05) is 67.7 Å². The molecule has 0 aliphatic carbocycles. The molecular formula is C32H54Br2Cl2N4O9. The summed E-state index contributed by atoms with van der Waals surface area (Å²) in [6.07, 6.45) is 4.64. The molecule has 49 heavy (non-hydrogen) atoms. The van der Waals surface area contributed by atoms with Crippen LogP contribution < -0.4 is 29.6 Å². The Morgan fingerprint density at radius 3 is 1.31 bits per heavy atom. The fourth-order valence-corrected chi connectivity index (χ4v) is 6.92. The van der Waals surface area contributed by atoms with Gasteiger partial charge in [0.25, 0.3) is 11.8 Å². The lowest BCUT2D eigenvalue weighted by Crippen LogP contribution is -2.40. The van der Waals surface area contributed by atoms with Gasteiger partial charge in [-0.25, -0.2) is 0 Å². The maximum Gasteiger partial charge on any atom is 0.258 e. The Balaban J connectivity index is -0.000000784. The van der Waals surface area contributed by atoms with E-state index in [0.29, 0.717) is 59.3 Å². The summed E-state index contributed by atoms with van der Waals surface area (Å²) < 4.78 is 22.8. The standard InChI is InChI=1S/2C16H23BrN2O3.2ClH.3H2O/c2*1-4-19-9-5-6-11(19)10-18-16(20)14-13(21-2)8-7-12(17)15(14)22-3;;;;;/h2*7-8,11H,4-6,9-10H2,1-3H3,(H,18,20);2*1H;3*1H2/t2*11-;;;;;/m00...../s1. The molecule has 2 heterocycles. The first-order valence-electron chi connectivity index (χ1n) is 15.1. The van der Waals surface area contributed by atoms with Crippen molar-refractivity contribution in [3.8, 4) is 23.0 Å². The molecular weight excluding hydrogens is 815 g/mol. The molecule has 17 heteroatoms. The molecule has 2 atom stereocenters. The molecule has 4 rings (SSSR count). The smallest absolute Gasteiger partial charge is 0.258 e. The Labute approximate surface area is 319 Å². The van der Waals surface area contributed by atoms with Gasteiger partial charge in [0.15, 0.2) is 0 Å². The molecule has 2 aromatic rings. The maximum atomic E-state index is 12.6. The summed E-state index contributed by atoms with van der Waals surface area (Å²) in [4.78, 5) is 30.0. The highest BCUT2D eigenvalue weighted by atomic mass is 79.9. The summed E-state index contributed by atoms with van der Waals surface area (Å²) in [5.74, 6) is 1.68. The number of likely N-dealkylation sites (tertiary alicyclic amines) is 2. The van der Waals surface area contributed by atoms with E-state index in [2.05, 4.69) is 66.1 Å². The highest BCUT2D eigenvalue weighted by Crippen LogP contribution is 2.36. The van der Waals surface area contributed by atoms with Gasteiger partial charge in [0, 0.05) is 25.2 Å². The highest BCUT2D eigenvalue weighted by Gasteiger charge is 2.27. The minimum atomic E-state index is -0.169. The molecule has 0 bridgehead atoms. The van der Waals surface area contributed by atoms with Gasteiger partial charge >= 0.3 is 0 Å². The van der Waals surface area contributed by atoms with Crippen LogP contribution in [0.5, 0.6) is 23.0 Å². The lowest BCUT2D eigenvalue weighted by atomic mass is 10.1. The number of nitrogens with one attached hydrogen (secondary N) is 2. The van der Waals surface area contributed by atoms with Crippen molar-refractivity contribution in [3.63, 3.8) is 0 Å². The number of carbonyl (C=O) groups excluding carboxylic acids is 2. The molecule has 284 valence electrons. The molecule has 2 fully saturated rings. The molecule has 0 saturated carbocycles. The molecule has 2 aliphatic heterocycles. The van der Waals surface area contributed by atoms with E-state index in [1.54, 1.807) is 40.6 Å². The number of halogens is 4. The van der Waals surface area contributed by atoms with Crippen LogP contribution in [-0.2, 0) is 0 Å². The summed E-state index contributed by atoms with van der Waals surface area (Å²) in [6.45, 7) is 9.85. The summed E-state index contributed by atoms with van der Waals surface area (Å²) in [5, 5.41) is 6.04. The van der Waals surface area contributed by atoms with Crippen molar-refractivity contribution in [1.29, 1.82) is 0 Å². The fourth-order valence-electron chi connectivity index (χ4n) is 5.93. The fraction of sp³-hybridized carbons (Fsp3) is 0.562. The summed E-state index contributed by atoms with van der Waals surface area (Å²) in [5.41, 5.74) is 0.862. The van der Waals surface area contributed by atoms with Crippen molar-refractivity contribution in [2.24, 2.45) is 0 Å². The lowest BCUT2D eigenvalue weighted by Gasteiger charge is -2.23. The molecule has 0 radical (unpaired) electrons. The van der Waals surface area contributed by atoms with E-state index in [0.717, 1.165) is 48.0 Å². The molecule has 2 amide bonds. The van der Waals surface area contributed by atoms with Gasteiger partial charge < -0.3 is 46.0 Å². The van der Waals surface area contributed by atoms with Gasteiger partial charge in [0.1, 0.15) is 34.1 Å². The Morgan fingerprint density at radius 2 is 1.02 bits per heavy atom. The number of nitrogens with zero attached hydrogens (tertiary/aromatic N) is 2. The first kappa shape index (κ1) is 51.3. The van der Waals surface area contributed by atoms with Crippen molar-refractivity contribution in [2.45, 2.75) is 51.6 Å². The summed E-state index contributed by atoms with van der Waals surface area (Å²) in [7, 11) is 6.20. The van der Waals surface area contributed by atoms with Crippen LogP contribution in [0.4, 0.5) is 0 Å². The zero-order chi connectivity index (χ0) is 32.2. The van der Waals surface area contributed by atoms with Crippen molar-refractivity contribution >= 4 is 68.5 Å². The predicted octanol–water partition coefficient (Wildman–Crippen LogP) is 3.73. The molecule has 0 aromatic heterocycles. The van der Waals surface area contributed by atoms with E-state index in [4.69, 9.17) is 18.9 Å². The van der Waals surface area contributed by atoms with Crippen LogP contribution in [0.15, 0.2) is 33.2 Å². The van der Waals surface area contributed by atoms with Gasteiger partial charge in [0.05, 0.1) is 37.4 Å². The van der Waals surface area contributed by atoms with Gasteiger partial charge in [-0.3, -0.25) is 19.4 Å². The number of amides is 2. The number of methoxy groups -OCH3 is 4. The summed E-state index contributed by atoms with van der Waals surface area (Å²) >= 11 is 6.82. The number of hydrogen-bond donors (Lipinski definition) is 2. The second-order valence-corrected chi connectivity index (χ2v) is 12.3. The van der Waals surface area contributed by atoms with Crippen LogP contribution in [0.3, 0.4) is 0 Å². The first-order chi connectivity index (χ1) is 21.2. The second-order valence-electron chi connectivity index (χ2n) is 10.6. The van der Waals surface area contributed by atoms with Gasteiger partial charge in [-0.05, 0) is 108 Å². The Morgan fingerprint density at radius 1 is 0.673 bits per heavy atom. The number of rotatable bonds is 12. The molecule has 2 aromatic carbocycles. The average molecular weight is 870 g/mol. The summed E-state index contributed by atoms with van der Waals surface area (Å²) in [6, 6.07) is 7.97. The number of carbonyl (C=O) groups is 2. The van der Waals surface area contributed by atoms with Crippen LogP contribution in [0.2, 0.25) is 0 Å². The monoisotopic (exact) mass is 866 g/mol. The number of hydrogen-bond acceptors (Lipinski definition) is 8. The van der Waals surface area contributed by atoms with Crippen LogP contribution in [0.25, 0.3) is 0 Å². The molecule has 8 N–H and O–H groups in total. The number of benzene rings is 2. The van der Waals surface area contributed by atoms with Crippen molar-refractivity contribution < 1.29 is 45.0 Å². The molecule has 2 saturated heterocycles. The van der Waals surface area contributed by atoms with E-state index in [1.165, 1.54) is 12.8 Å². The Kier molecular flexibility index (Phi) is 27.0. The molecule has 13 nitrogen and oxygen atoms in total. The molecule has 0 unspecified atom stereocenters. The van der Waals surface area contributed by atoms with Gasteiger partial charge in [-0.1, -0.05) is 13.8 Å². The number of ether oxygens (including phenoxy) is 4. The Bertz CT molecular complexity index is 1190. The van der Waals surface area contributed by atoms with Crippen LogP contribution >= 0.6 is 56.7 Å². The van der Waals surface area contributed by atoms with E-state index in [9.17, 15) is 9.59 Å². The minimum Gasteiger partial charge on any atom is -0.496 e. The van der Waals surface area contributed by atoms with Gasteiger partial charge in [-0.15, -0.1) is 24.8 Å². The third-order valence-electron chi connectivity index (χ3n) is 8.25. The largest absolute Gasteiger partial charge is 0.496 e. The van der Waals surface area contributed by atoms with Crippen molar-refractivity contribution in [3.05, 3.63) is 44.3 Å². The van der Waals surface area contributed by atoms with Gasteiger partial charge in [-0.2, -0.15) is 0 Å². The second kappa shape index (κ2) is 25.8. The zero-order valence-electron chi connectivity index (χ0n) is 29.0. The van der Waals surface area contributed by atoms with E-state index < -0.39 is 0 Å². The van der Waals surface area contributed by atoms with Crippen molar-refractivity contribution in [1.82, 2.24) is 20.4 Å². The maximum absolute atomic E-state index is 12.6. The highest BCUT2D eigenvalue weighted by molar-refractivity contribution is 9.11.